The fraction of sp³-hybridized carbons (Fsp3) is 0.364. The van der Waals surface area contributed by atoms with Crippen molar-refractivity contribution in [1.29, 1.82) is 0 Å². The van der Waals surface area contributed by atoms with Crippen LogP contribution in [-0.4, -0.2) is 43.9 Å². The summed E-state index contributed by atoms with van der Waals surface area (Å²) in [6.07, 6.45) is 1.27. The van der Waals surface area contributed by atoms with E-state index < -0.39 is 23.1 Å². The largest absolute Gasteiger partial charge is 0.390 e. The second-order valence-corrected chi connectivity index (χ2v) is 7.61. The predicted octanol–water partition coefficient (Wildman–Crippen LogP) is 3.94. The average molecular weight is 422 g/mol. The van der Waals surface area contributed by atoms with Gasteiger partial charge in [-0.1, -0.05) is 36.4 Å². The molecule has 4 N–H and O–H groups in total. The molecule has 0 amide bonds. The SMILES string of the molecule is CC(C)(O)CCC(C)(C)O.O=C(OO)c1ccccc1.O=C(OO)c1ccccc1. The number of carbonyl (C=O) groups excluding carboxylic acids is 2. The van der Waals surface area contributed by atoms with Crippen molar-refractivity contribution in [1.82, 2.24) is 0 Å². The Morgan fingerprint density at radius 3 is 1.13 bits per heavy atom. The Morgan fingerprint density at radius 1 is 0.667 bits per heavy atom. The van der Waals surface area contributed by atoms with E-state index in [9.17, 15) is 19.8 Å². The molecule has 0 saturated carbocycles. The van der Waals surface area contributed by atoms with Gasteiger partial charge in [0.2, 0.25) is 0 Å². The molecule has 0 atom stereocenters. The molecule has 8 nitrogen and oxygen atoms in total. The minimum absolute atomic E-state index is 0.338. The number of hydrogen-bond acceptors (Lipinski definition) is 8. The first kappa shape index (κ1) is 27.2. The van der Waals surface area contributed by atoms with Crippen molar-refractivity contribution in [2.45, 2.75) is 51.7 Å². The van der Waals surface area contributed by atoms with Crippen molar-refractivity contribution >= 4 is 11.9 Å². The van der Waals surface area contributed by atoms with Gasteiger partial charge in [0.25, 0.3) is 0 Å². The summed E-state index contributed by atoms with van der Waals surface area (Å²) in [5.74, 6) is -1.47. The molecule has 0 unspecified atom stereocenters. The fourth-order valence-corrected chi connectivity index (χ4v) is 1.87. The monoisotopic (exact) mass is 422 g/mol. The van der Waals surface area contributed by atoms with Gasteiger partial charge in [-0.2, -0.15) is 10.5 Å². The minimum atomic E-state index is -0.736. The van der Waals surface area contributed by atoms with Gasteiger partial charge in [-0.3, -0.25) is 9.78 Å². The standard InChI is InChI=1S/C8H18O2.2C7H6O3/c1-7(2,9)5-6-8(3,4)10;2*8-7(10-9)6-4-2-1-3-5-6/h9-10H,5-6H2,1-4H3;2*1-5,9H. The highest BCUT2D eigenvalue weighted by Crippen LogP contribution is 2.17. The van der Waals surface area contributed by atoms with Crippen molar-refractivity contribution in [3.05, 3.63) is 71.8 Å². The first-order chi connectivity index (χ1) is 13.9. The molecule has 30 heavy (non-hydrogen) atoms. The maximum atomic E-state index is 10.5. The lowest BCUT2D eigenvalue weighted by Gasteiger charge is -2.23. The van der Waals surface area contributed by atoms with Crippen LogP contribution < -0.4 is 0 Å². The summed E-state index contributed by atoms with van der Waals surface area (Å²) in [6, 6.07) is 16.5. The molecular formula is C22H30O8. The number of hydrogen-bond donors (Lipinski definition) is 4. The van der Waals surface area contributed by atoms with E-state index in [0.717, 1.165) is 0 Å². The Balaban J connectivity index is 0.000000420. The Hall–Kier alpha value is -2.78. The Labute approximate surface area is 176 Å². The maximum Gasteiger partial charge on any atom is 0.372 e. The van der Waals surface area contributed by atoms with E-state index in [0.29, 0.717) is 24.0 Å². The summed E-state index contributed by atoms with van der Waals surface area (Å²) in [5.41, 5.74) is -0.630. The third-order valence-electron chi connectivity index (χ3n) is 3.53. The van der Waals surface area contributed by atoms with E-state index in [2.05, 4.69) is 9.78 Å². The highest BCUT2D eigenvalue weighted by atomic mass is 17.1. The van der Waals surface area contributed by atoms with Crippen LogP contribution in [0, 0.1) is 0 Å². The molecule has 2 rings (SSSR count). The van der Waals surface area contributed by atoms with Gasteiger partial charge in [0.05, 0.1) is 22.3 Å². The maximum absolute atomic E-state index is 10.5. The van der Waals surface area contributed by atoms with Crippen molar-refractivity contribution in [2.24, 2.45) is 0 Å². The molecule has 0 bridgehead atoms. The Kier molecular flexibility index (Phi) is 12.2. The van der Waals surface area contributed by atoms with Crippen LogP contribution in [0.5, 0.6) is 0 Å². The van der Waals surface area contributed by atoms with Crippen molar-refractivity contribution in [3.63, 3.8) is 0 Å². The average Bonchev–Trinajstić information content (AvgIpc) is 2.72. The van der Waals surface area contributed by atoms with Crippen molar-refractivity contribution in [3.8, 4) is 0 Å². The third kappa shape index (κ3) is 14.3. The van der Waals surface area contributed by atoms with Crippen LogP contribution in [0.4, 0.5) is 0 Å². The Morgan fingerprint density at radius 2 is 0.933 bits per heavy atom. The first-order valence-electron chi connectivity index (χ1n) is 9.16. The van der Waals surface area contributed by atoms with Crippen LogP contribution >= 0.6 is 0 Å². The van der Waals surface area contributed by atoms with Gasteiger partial charge in [-0.25, -0.2) is 9.59 Å². The van der Waals surface area contributed by atoms with Crippen LogP contribution in [0.25, 0.3) is 0 Å². The molecule has 0 heterocycles. The molecule has 0 fully saturated rings. The van der Waals surface area contributed by atoms with Crippen molar-refractivity contribution < 1.29 is 40.1 Å². The number of aliphatic hydroxyl groups is 2. The quantitative estimate of drug-likeness (QED) is 0.420. The van der Waals surface area contributed by atoms with E-state index in [1.54, 1.807) is 88.4 Å². The van der Waals surface area contributed by atoms with E-state index in [-0.39, 0.29) is 0 Å². The fourth-order valence-electron chi connectivity index (χ4n) is 1.87. The van der Waals surface area contributed by atoms with Gasteiger partial charge in [0, 0.05) is 0 Å². The summed E-state index contributed by atoms with van der Waals surface area (Å²) in [7, 11) is 0. The van der Waals surface area contributed by atoms with Crippen LogP contribution in [0.2, 0.25) is 0 Å². The van der Waals surface area contributed by atoms with Gasteiger partial charge in [0.1, 0.15) is 0 Å². The van der Waals surface area contributed by atoms with Crippen LogP contribution in [-0.2, 0) is 9.78 Å². The number of rotatable bonds is 5. The highest BCUT2D eigenvalue weighted by molar-refractivity contribution is 5.89. The topological polar surface area (TPSA) is 134 Å². The molecule has 0 aliphatic carbocycles. The zero-order valence-corrected chi connectivity index (χ0v) is 17.6. The minimum Gasteiger partial charge on any atom is -0.390 e. The zero-order valence-electron chi connectivity index (χ0n) is 17.6. The lowest BCUT2D eigenvalue weighted by molar-refractivity contribution is -0.182. The second-order valence-electron chi connectivity index (χ2n) is 7.61. The molecule has 0 aliphatic rings. The van der Waals surface area contributed by atoms with Crippen LogP contribution in [0.1, 0.15) is 61.3 Å². The van der Waals surface area contributed by atoms with Gasteiger partial charge in [-0.15, -0.1) is 0 Å². The molecule has 8 heteroatoms. The molecule has 0 saturated heterocycles. The summed E-state index contributed by atoms with van der Waals surface area (Å²) in [6.45, 7) is 7.00. The van der Waals surface area contributed by atoms with Crippen LogP contribution in [0.15, 0.2) is 60.7 Å². The molecular weight excluding hydrogens is 392 g/mol. The van der Waals surface area contributed by atoms with E-state index in [4.69, 9.17) is 10.5 Å². The third-order valence-corrected chi connectivity index (χ3v) is 3.53. The van der Waals surface area contributed by atoms with Gasteiger partial charge in [0.15, 0.2) is 0 Å². The molecule has 166 valence electrons. The molecule has 0 radical (unpaired) electrons. The molecule has 0 aliphatic heterocycles. The van der Waals surface area contributed by atoms with Crippen molar-refractivity contribution in [2.75, 3.05) is 0 Å². The normalized spacial score (nSPS) is 10.5. The van der Waals surface area contributed by atoms with Gasteiger partial charge in [-0.05, 0) is 64.8 Å². The number of benzene rings is 2. The molecule has 2 aromatic carbocycles. The van der Waals surface area contributed by atoms with Crippen LogP contribution in [0.3, 0.4) is 0 Å². The summed E-state index contributed by atoms with van der Waals surface area (Å²) < 4.78 is 0. The zero-order chi connectivity index (χ0) is 23.2. The van der Waals surface area contributed by atoms with Gasteiger partial charge >= 0.3 is 11.9 Å². The highest BCUT2D eigenvalue weighted by Gasteiger charge is 2.19. The molecule has 2 aromatic rings. The van der Waals surface area contributed by atoms with E-state index in [1.165, 1.54) is 0 Å². The predicted molar refractivity (Wildman–Crippen MR) is 111 cm³/mol. The first-order valence-corrected chi connectivity index (χ1v) is 9.16. The second kappa shape index (κ2) is 13.4. The summed E-state index contributed by atoms with van der Waals surface area (Å²) in [4.78, 5) is 28.1. The smallest absolute Gasteiger partial charge is 0.372 e. The number of carbonyl (C=O) groups is 2. The van der Waals surface area contributed by atoms with Gasteiger partial charge < -0.3 is 10.2 Å². The molecule has 0 aromatic heterocycles. The summed E-state index contributed by atoms with van der Waals surface area (Å²) >= 11 is 0. The lowest BCUT2D eigenvalue weighted by atomic mass is 9.94. The Bertz CT molecular complexity index is 666. The van der Waals surface area contributed by atoms with E-state index >= 15 is 0 Å². The summed E-state index contributed by atoms with van der Waals surface area (Å²) in [5, 5.41) is 34.4. The van der Waals surface area contributed by atoms with E-state index in [1.807, 2.05) is 0 Å². The molecule has 0 spiro atoms. The lowest BCUT2D eigenvalue weighted by Crippen LogP contribution is -2.26.